The molecule has 0 unspecified atom stereocenters. The third-order valence-corrected chi connectivity index (χ3v) is 6.08. The van der Waals surface area contributed by atoms with Crippen molar-refractivity contribution in [3.05, 3.63) is 89.0 Å². The SMILES string of the molecule is Cc1ccc(CNC(=O)CCc2nnc3c4cc(-c5ccc(C)c(C)c5)nn4ccn23)cc1. The van der Waals surface area contributed by atoms with E-state index in [1.54, 1.807) is 0 Å². The number of hydrogen-bond donors (Lipinski definition) is 1. The van der Waals surface area contributed by atoms with E-state index in [0.29, 0.717) is 19.4 Å². The van der Waals surface area contributed by atoms with E-state index in [-0.39, 0.29) is 5.91 Å². The second kappa shape index (κ2) is 8.50. The molecule has 33 heavy (non-hydrogen) atoms. The van der Waals surface area contributed by atoms with Gasteiger partial charge in [-0.3, -0.25) is 9.20 Å². The van der Waals surface area contributed by atoms with Gasteiger partial charge >= 0.3 is 0 Å². The molecule has 0 radical (unpaired) electrons. The average molecular weight is 439 g/mol. The minimum absolute atomic E-state index is 0.00483. The third-order valence-electron chi connectivity index (χ3n) is 6.08. The van der Waals surface area contributed by atoms with Crippen LogP contribution in [-0.4, -0.2) is 30.1 Å². The van der Waals surface area contributed by atoms with Gasteiger partial charge in [-0.25, -0.2) is 4.52 Å². The number of fused-ring (bicyclic) bond motifs is 3. The molecule has 5 aromatic rings. The minimum Gasteiger partial charge on any atom is -0.352 e. The average Bonchev–Trinajstić information content (AvgIpc) is 3.43. The second-order valence-electron chi connectivity index (χ2n) is 8.53. The van der Waals surface area contributed by atoms with Crippen LogP contribution in [0.25, 0.3) is 22.4 Å². The molecule has 166 valence electrons. The fourth-order valence-electron chi connectivity index (χ4n) is 3.89. The number of rotatable bonds is 6. The molecule has 0 saturated heterocycles. The van der Waals surface area contributed by atoms with Gasteiger partial charge in [0.05, 0.1) is 5.69 Å². The van der Waals surface area contributed by atoms with Crippen molar-refractivity contribution in [2.45, 2.75) is 40.2 Å². The van der Waals surface area contributed by atoms with E-state index in [1.807, 2.05) is 58.6 Å². The zero-order valence-electron chi connectivity index (χ0n) is 19.0. The Bertz CT molecular complexity index is 1460. The number of carbonyl (C=O) groups is 1. The summed E-state index contributed by atoms with van der Waals surface area (Å²) in [6.45, 7) is 6.78. The Balaban J connectivity index is 1.31. The van der Waals surface area contributed by atoms with E-state index in [0.717, 1.165) is 33.8 Å². The molecule has 7 nitrogen and oxygen atoms in total. The Morgan fingerprint density at radius 2 is 1.76 bits per heavy atom. The van der Waals surface area contributed by atoms with Crippen LogP contribution in [0.5, 0.6) is 0 Å². The van der Waals surface area contributed by atoms with Gasteiger partial charge in [0.15, 0.2) is 5.65 Å². The Kier molecular flexibility index (Phi) is 5.38. The van der Waals surface area contributed by atoms with E-state index in [1.165, 1.54) is 16.7 Å². The molecular weight excluding hydrogens is 412 g/mol. The molecule has 0 spiro atoms. The van der Waals surface area contributed by atoms with Gasteiger partial charge in [-0.05, 0) is 49.6 Å². The molecule has 3 heterocycles. The summed E-state index contributed by atoms with van der Waals surface area (Å²) in [4.78, 5) is 12.4. The van der Waals surface area contributed by atoms with Gasteiger partial charge < -0.3 is 5.32 Å². The molecule has 0 aliphatic heterocycles. The zero-order chi connectivity index (χ0) is 22.9. The van der Waals surface area contributed by atoms with Crippen LogP contribution in [-0.2, 0) is 17.8 Å². The van der Waals surface area contributed by atoms with E-state index >= 15 is 0 Å². The predicted octanol–water partition coefficient (Wildman–Crippen LogP) is 4.22. The number of aryl methyl sites for hydroxylation is 4. The van der Waals surface area contributed by atoms with Gasteiger partial charge in [-0.15, -0.1) is 10.2 Å². The first-order valence-electron chi connectivity index (χ1n) is 11.1. The fourth-order valence-corrected chi connectivity index (χ4v) is 3.89. The number of amides is 1. The molecule has 0 fully saturated rings. The van der Waals surface area contributed by atoms with Crippen molar-refractivity contribution in [1.82, 2.24) is 29.5 Å². The van der Waals surface area contributed by atoms with E-state index in [9.17, 15) is 4.79 Å². The molecule has 1 N–H and O–H groups in total. The molecule has 2 aromatic carbocycles. The normalized spacial score (nSPS) is 11.4. The Morgan fingerprint density at radius 1 is 0.939 bits per heavy atom. The molecule has 0 aliphatic carbocycles. The van der Waals surface area contributed by atoms with Crippen molar-refractivity contribution < 1.29 is 4.79 Å². The Labute approximate surface area is 192 Å². The van der Waals surface area contributed by atoms with E-state index < -0.39 is 0 Å². The Morgan fingerprint density at radius 3 is 2.55 bits per heavy atom. The van der Waals surface area contributed by atoms with Crippen molar-refractivity contribution in [1.29, 1.82) is 0 Å². The number of hydrogen-bond acceptors (Lipinski definition) is 4. The van der Waals surface area contributed by atoms with Crippen LogP contribution in [0.3, 0.4) is 0 Å². The van der Waals surface area contributed by atoms with Crippen LogP contribution in [0.2, 0.25) is 0 Å². The lowest BCUT2D eigenvalue weighted by molar-refractivity contribution is -0.121. The Hall–Kier alpha value is -4.00. The van der Waals surface area contributed by atoms with E-state index in [2.05, 4.69) is 47.6 Å². The summed E-state index contributed by atoms with van der Waals surface area (Å²) in [6, 6.07) is 16.5. The van der Waals surface area contributed by atoms with E-state index in [4.69, 9.17) is 5.10 Å². The summed E-state index contributed by atoms with van der Waals surface area (Å²) in [6.07, 6.45) is 4.66. The highest BCUT2D eigenvalue weighted by atomic mass is 16.1. The molecular formula is C26H26N6O. The standard InChI is InChI=1S/C26H26N6O/c1-17-4-7-20(8-5-17)16-27-25(33)11-10-24-28-29-26-23-15-22(30-32(23)13-12-31(24)26)21-9-6-18(2)19(3)14-21/h4-9,12-15H,10-11,16H2,1-3H3,(H,27,33). The van der Waals surface area contributed by atoms with Crippen LogP contribution in [0, 0.1) is 20.8 Å². The lowest BCUT2D eigenvalue weighted by Gasteiger charge is -2.05. The summed E-state index contributed by atoms with van der Waals surface area (Å²) in [5, 5.41) is 16.4. The maximum Gasteiger partial charge on any atom is 0.220 e. The van der Waals surface area contributed by atoms with Gasteiger partial charge in [0.25, 0.3) is 0 Å². The topological polar surface area (TPSA) is 76.6 Å². The molecule has 3 aromatic heterocycles. The molecule has 7 heteroatoms. The molecule has 1 amide bonds. The van der Waals surface area contributed by atoms with Crippen molar-refractivity contribution >= 4 is 17.1 Å². The smallest absolute Gasteiger partial charge is 0.220 e. The molecule has 0 bridgehead atoms. The first kappa shape index (κ1) is 20.9. The summed E-state index contributed by atoms with van der Waals surface area (Å²) in [5.41, 5.74) is 8.37. The van der Waals surface area contributed by atoms with Crippen LogP contribution < -0.4 is 5.32 Å². The molecule has 0 aliphatic rings. The van der Waals surface area contributed by atoms with Crippen LogP contribution in [0.4, 0.5) is 0 Å². The monoisotopic (exact) mass is 438 g/mol. The lowest BCUT2D eigenvalue weighted by Crippen LogP contribution is -2.23. The largest absolute Gasteiger partial charge is 0.352 e. The minimum atomic E-state index is -0.00483. The number of nitrogens with zero attached hydrogens (tertiary/aromatic N) is 5. The lowest BCUT2D eigenvalue weighted by atomic mass is 10.0. The fraction of sp³-hybridized carbons (Fsp3) is 0.231. The number of benzene rings is 2. The number of carbonyl (C=O) groups excluding carboxylic acids is 1. The van der Waals surface area contributed by atoms with Crippen molar-refractivity contribution in [2.75, 3.05) is 0 Å². The maximum atomic E-state index is 12.4. The highest BCUT2D eigenvalue weighted by Crippen LogP contribution is 2.24. The highest BCUT2D eigenvalue weighted by molar-refractivity contribution is 5.77. The van der Waals surface area contributed by atoms with Gasteiger partial charge in [0.1, 0.15) is 11.3 Å². The first-order chi connectivity index (χ1) is 16.0. The van der Waals surface area contributed by atoms with Crippen molar-refractivity contribution in [3.63, 3.8) is 0 Å². The molecule has 5 rings (SSSR count). The first-order valence-corrected chi connectivity index (χ1v) is 11.1. The summed E-state index contributed by atoms with van der Waals surface area (Å²) >= 11 is 0. The molecule has 0 saturated carbocycles. The van der Waals surface area contributed by atoms with Crippen LogP contribution >= 0.6 is 0 Å². The summed E-state index contributed by atoms with van der Waals surface area (Å²) in [5.74, 6) is 0.752. The van der Waals surface area contributed by atoms with Crippen LogP contribution in [0.1, 0.15) is 34.5 Å². The second-order valence-corrected chi connectivity index (χ2v) is 8.53. The quantitative estimate of drug-likeness (QED) is 0.431. The summed E-state index contributed by atoms with van der Waals surface area (Å²) in [7, 11) is 0. The van der Waals surface area contributed by atoms with Crippen molar-refractivity contribution in [2.24, 2.45) is 0 Å². The highest BCUT2D eigenvalue weighted by Gasteiger charge is 2.14. The maximum absolute atomic E-state index is 12.4. The summed E-state index contributed by atoms with van der Waals surface area (Å²) < 4.78 is 3.76. The van der Waals surface area contributed by atoms with Crippen molar-refractivity contribution in [3.8, 4) is 11.3 Å². The molecule has 0 atom stereocenters. The van der Waals surface area contributed by atoms with Crippen LogP contribution in [0.15, 0.2) is 60.9 Å². The van der Waals surface area contributed by atoms with Gasteiger partial charge in [0, 0.05) is 37.3 Å². The zero-order valence-corrected chi connectivity index (χ0v) is 19.0. The van der Waals surface area contributed by atoms with Gasteiger partial charge in [-0.2, -0.15) is 5.10 Å². The van der Waals surface area contributed by atoms with Gasteiger partial charge in [-0.1, -0.05) is 42.0 Å². The van der Waals surface area contributed by atoms with Gasteiger partial charge in [0.2, 0.25) is 5.91 Å². The third kappa shape index (κ3) is 4.22. The number of aromatic nitrogens is 5. The number of nitrogens with one attached hydrogen (secondary N) is 1. The predicted molar refractivity (Wildman–Crippen MR) is 128 cm³/mol.